The Hall–Kier alpha value is -3.61. The molecular weight excluding hydrogens is 510 g/mol. The van der Waals surface area contributed by atoms with Crippen LogP contribution in [0.2, 0.25) is 0 Å². The molecule has 2 aliphatic rings. The van der Waals surface area contributed by atoms with Gasteiger partial charge in [-0.25, -0.2) is 0 Å². The molecule has 1 fully saturated rings. The first kappa shape index (κ1) is 28.4. The normalized spacial score (nSPS) is 24.5. The van der Waals surface area contributed by atoms with E-state index in [0.29, 0.717) is 23.4 Å². The van der Waals surface area contributed by atoms with Gasteiger partial charge in [-0.2, -0.15) is 17.6 Å². The molecule has 1 unspecified atom stereocenters. The van der Waals surface area contributed by atoms with Crippen molar-refractivity contribution in [2.75, 3.05) is 6.54 Å². The van der Waals surface area contributed by atoms with Gasteiger partial charge >= 0.3 is 6.18 Å². The minimum atomic E-state index is -5.25. The van der Waals surface area contributed by atoms with Gasteiger partial charge in [-0.15, -0.1) is 0 Å². The second-order valence-electron chi connectivity index (χ2n) is 10.1. The molecule has 1 saturated heterocycles. The van der Waals surface area contributed by atoms with Crippen LogP contribution in [0.1, 0.15) is 49.3 Å². The van der Waals surface area contributed by atoms with E-state index in [9.17, 15) is 27.5 Å². The number of aliphatic hydroxyl groups is 1. The number of amides is 1. The molecular formula is C31H31F4NO3. The Morgan fingerprint density at radius 3 is 2.38 bits per heavy atom. The van der Waals surface area contributed by atoms with Gasteiger partial charge in [0.25, 0.3) is 5.60 Å². The van der Waals surface area contributed by atoms with Crippen LogP contribution in [0.25, 0.3) is 0 Å². The number of likely N-dealkylation sites (tertiary alicyclic amines) is 1. The molecule has 3 atom stereocenters. The minimum Gasteiger partial charge on any atom is -0.489 e. The predicted molar refractivity (Wildman–Crippen MR) is 141 cm³/mol. The molecule has 1 amide bonds. The van der Waals surface area contributed by atoms with Crippen molar-refractivity contribution < 1.29 is 32.2 Å². The molecule has 2 aromatic carbocycles. The molecule has 2 aromatic rings. The Kier molecular flexibility index (Phi) is 7.92. The van der Waals surface area contributed by atoms with E-state index in [1.165, 1.54) is 4.90 Å². The van der Waals surface area contributed by atoms with E-state index in [1.807, 2.05) is 68.1 Å². The van der Waals surface area contributed by atoms with Gasteiger partial charge in [-0.3, -0.25) is 4.79 Å². The fourth-order valence-corrected chi connectivity index (χ4v) is 5.06. The summed E-state index contributed by atoms with van der Waals surface area (Å²) in [4.78, 5) is 15.4. The number of halogens is 4. The SMILES string of the molecule is CC=C1/C(=C\C2=C=C(F)C2(O)C(F)(F)F)CC[C@H](Oc2cc(C)cc(C)c2)CN1C(=O)[C@@H](C)c1ccccc1. The summed E-state index contributed by atoms with van der Waals surface area (Å²) in [6.45, 7) is 7.51. The molecule has 1 aliphatic carbocycles. The topological polar surface area (TPSA) is 49.8 Å². The van der Waals surface area contributed by atoms with E-state index in [0.717, 1.165) is 22.8 Å². The molecule has 0 spiro atoms. The van der Waals surface area contributed by atoms with E-state index in [4.69, 9.17) is 4.74 Å². The van der Waals surface area contributed by atoms with Crippen LogP contribution in [0.4, 0.5) is 17.6 Å². The van der Waals surface area contributed by atoms with E-state index in [1.54, 1.807) is 19.9 Å². The Labute approximate surface area is 225 Å². The molecule has 1 aliphatic heterocycles. The quantitative estimate of drug-likeness (QED) is 0.328. The molecule has 0 aromatic heterocycles. The van der Waals surface area contributed by atoms with Crippen molar-refractivity contribution in [1.82, 2.24) is 4.90 Å². The third-order valence-electron chi connectivity index (χ3n) is 7.13. The summed E-state index contributed by atoms with van der Waals surface area (Å²) in [5, 5.41) is 10.1. The second-order valence-corrected chi connectivity index (χ2v) is 10.1. The monoisotopic (exact) mass is 541 g/mol. The number of benzene rings is 2. The number of carbonyl (C=O) groups is 1. The van der Waals surface area contributed by atoms with Gasteiger partial charge in [0.05, 0.1) is 12.5 Å². The molecule has 0 saturated carbocycles. The number of carbonyl (C=O) groups excluding carboxylic acids is 1. The first-order valence-electron chi connectivity index (χ1n) is 12.8. The summed E-state index contributed by atoms with van der Waals surface area (Å²) >= 11 is 0. The fourth-order valence-electron chi connectivity index (χ4n) is 5.06. The van der Waals surface area contributed by atoms with Crippen molar-refractivity contribution in [3.8, 4) is 5.75 Å². The molecule has 39 heavy (non-hydrogen) atoms. The first-order valence-corrected chi connectivity index (χ1v) is 12.8. The Balaban J connectivity index is 1.74. The first-order chi connectivity index (χ1) is 18.3. The number of allylic oxidation sites excluding steroid dienone is 2. The fraction of sp³-hybridized carbons (Fsp3) is 0.355. The maximum Gasteiger partial charge on any atom is 0.429 e. The zero-order valence-electron chi connectivity index (χ0n) is 22.3. The van der Waals surface area contributed by atoms with E-state index < -0.39 is 35.2 Å². The van der Waals surface area contributed by atoms with Crippen molar-refractivity contribution in [3.63, 3.8) is 0 Å². The second kappa shape index (κ2) is 10.9. The molecule has 8 heteroatoms. The average Bonchev–Trinajstić information content (AvgIpc) is 3.05. The highest BCUT2D eigenvalue weighted by atomic mass is 19.4. The number of ether oxygens (including phenoxy) is 1. The number of hydrogen-bond acceptors (Lipinski definition) is 3. The number of alkyl halides is 3. The number of nitrogens with zero attached hydrogens (tertiary/aromatic N) is 1. The van der Waals surface area contributed by atoms with Crippen molar-refractivity contribution >= 4 is 5.91 Å². The zero-order valence-corrected chi connectivity index (χ0v) is 22.3. The lowest BCUT2D eigenvalue weighted by atomic mass is 9.82. The summed E-state index contributed by atoms with van der Waals surface area (Å²) in [5.74, 6) is -1.95. The maximum atomic E-state index is 13.9. The van der Waals surface area contributed by atoms with Crippen LogP contribution in [0.3, 0.4) is 0 Å². The van der Waals surface area contributed by atoms with Crippen LogP contribution in [-0.2, 0) is 4.79 Å². The lowest BCUT2D eigenvalue weighted by Crippen LogP contribution is -2.50. The van der Waals surface area contributed by atoms with Crippen LogP contribution >= 0.6 is 0 Å². The Bertz CT molecular complexity index is 1370. The highest BCUT2D eigenvalue weighted by Crippen LogP contribution is 2.48. The number of hydrogen-bond donors (Lipinski definition) is 1. The largest absolute Gasteiger partial charge is 0.489 e. The zero-order chi connectivity index (χ0) is 28.5. The van der Waals surface area contributed by atoms with Crippen LogP contribution < -0.4 is 4.74 Å². The summed E-state index contributed by atoms with van der Waals surface area (Å²) in [7, 11) is 0. The van der Waals surface area contributed by atoms with Crippen molar-refractivity contribution in [1.29, 1.82) is 0 Å². The van der Waals surface area contributed by atoms with Gasteiger partial charge in [0.1, 0.15) is 11.9 Å². The van der Waals surface area contributed by atoms with Gasteiger partial charge in [0.2, 0.25) is 5.91 Å². The highest BCUT2D eigenvalue weighted by Gasteiger charge is 2.63. The summed E-state index contributed by atoms with van der Waals surface area (Å²) < 4.78 is 60.9. The van der Waals surface area contributed by atoms with Crippen LogP contribution in [0.15, 0.2) is 89.1 Å². The van der Waals surface area contributed by atoms with Gasteiger partial charge in [0.15, 0.2) is 5.83 Å². The molecule has 4 nitrogen and oxygen atoms in total. The summed E-state index contributed by atoms with van der Waals surface area (Å²) in [6, 6.07) is 15.0. The highest BCUT2D eigenvalue weighted by molar-refractivity contribution is 5.85. The van der Waals surface area contributed by atoms with Crippen LogP contribution in [0, 0.1) is 13.8 Å². The van der Waals surface area contributed by atoms with E-state index in [2.05, 4.69) is 0 Å². The molecule has 1 heterocycles. The van der Waals surface area contributed by atoms with E-state index >= 15 is 0 Å². The Morgan fingerprint density at radius 1 is 1.18 bits per heavy atom. The maximum absolute atomic E-state index is 13.9. The molecule has 206 valence electrons. The Morgan fingerprint density at radius 2 is 1.82 bits per heavy atom. The lowest BCUT2D eigenvalue weighted by molar-refractivity contribution is -0.237. The smallest absolute Gasteiger partial charge is 0.429 e. The van der Waals surface area contributed by atoms with Gasteiger partial charge < -0.3 is 14.7 Å². The van der Waals surface area contributed by atoms with Crippen LogP contribution in [-0.4, -0.2) is 40.3 Å². The lowest BCUT2D eigenvalue weighted by Gasteiger charge is -2.34. The van der Waals surface area contributed by atoms with E-state index in [-0.39, 0.29) is 18.9 Å². The standard InChI is InChI=1S/C31H31F4NO3/c1-5-27-23(16-24-17-28(32)30(24,38)31(33,34)35)11-12-25(39-26-14-19(2)13-20(3)15-26)18-36(27)29(37)21(4)22-9-7-6-8-10-22/h5-10,13-16,21,25,38H,11-12,18H2,1-4H3/b23-16-,27-5?/t21-,25-,30?/m0/s1. The third-order valence-corrected chi connectivity index (χ3v) is 7.13. The van der Waals surface area contributed by atoms with Crippen molar-refractivity contribution in [2.45, 2.75) is 64.3 Å². The summed E-state index contributed by atoms with van der Waals surface area (Å²) in [6.07, 6.45) is -2.36. The number of rotatable bonds is 5. The minimum absolute atomic E-state index is 0.160. The molecule has 0 bridgehead atoms. The summed E-state index contributed by atoms with van der Waals surface area (Å²) in [5.41, 5.74) is 1.08. The van der Waals surface area contributed by atoms with Crippen molar-refractivity contribution in [2.24, 2.45) is 0 Å². The average molecular weight is 542 g/mol. The van der Waals surface area contributed by atoms with Crippen LogP contribution in [0.5, 0.6) is 5.75 Å². The predicted octanol–water partition coefficient (Wildman–Crippen LogP) is 6.99. The number of aryl methyl sites for hydroxylation is 2. The molecule has 4 rings (SSSR count). The molecule has 1 N–H and O–H groups in total. The molecule has 0 radical (unpaired) electrons. The van der Waals surface area contributed by atoms with Gasteiger partial charge in [0, 0.05) is 11.3 Å². The van der Waals surface area contributed by atoms with Crippen molar-refractivity contribution in [3.05, 3.63) is 106 Å². The van der Waals surface area contributed by atoms with Gasteiger partial charge in [-0.05, 0) is 81.0 Å². The third kappa shape index (κ3) is 5.58. The van der Waals surface area contributed by atoms with Gasteiger partial charge in [-0.1, -0.05) is 48.2 Å².